The molecule has 128 valence electrons. The second-order valence-electron chi connectivity index (χ2n) is 5.83. The highest BCUT2D eigenvalue weighted by Crippen LogP contribution is 2.40. The Balaban J connectivity index is 2.11. The Bertz CT molecular complexity index is 687. The van der Waals surface area contributed by atoms with E-state index >= 15 is 0 Å². The molecule has 0 aromatic heterocycles. The monoisotopic (exact) mass is 346 g/mol. The lowest BCUT2D eigenvalue weighted by atomic mass is 9.95. The SMILES string of the molecule is COc1cccc(C(c2cccc(Cl)c2)N2CCNCC2)c1OC. The number of nitrogens with zero attached hydrogens (tertiary/aromatic N) is 1. The standard InChI is InChI=1S/C19H23ClN2O2/c1-23-17-8-4-7-16(19(17)24-2)18(22-11-9-21-10-12-22)14-5-3-6-15(20)13-14/h3-8,13,18,21H,9-12H2,1-2H3. The van der Waals surface area contributed by atoms with Crippen LogP contribution in [0.5, 0.6) is 11.5 Å². The van der Waals surface area contributed by atoms with Crippen molar-refractivity contribution < 1.29 is 9.47 Å². The van der Waals surface area contributed by atoms with Crippen LogP contribution < -0.4 is 14.8 Å². The molecule has 0 saturated carbocycles. The van der Waals surface area contributed by atoms with Crippen LogP contribution in [0, 0.1) is 0 Å². The fourth-order valence-electron chi connectivity index (χ4n) is 3.33. The average Bonchev–Trinajstić information content (AvgIpc) is 2.62. The van der Waals surface area contributed by atoms with Gasteiger partial charge >= 0.3 is 0 Å². The number of ether oxygens (including phenoxy) is 2. The molecular formula is C19H23ClN2O2. The molecule has 1 atom stereocenters. The van der Waals surface area contributed by atoms with Crippen molar-refractivity contribution in [3.63, 3.8) is 0 Å². The molecule has 0 radical (unpaired) electrons. The van der Waals surface area contributed by atoms with Gasteiger partial charge in [0.15, 0.2) is 11.5 Å². The molecule has 1 unspecified atom stereocenters. The minimum absolute atomic E-state index is 0.0795. The van der Waals surface area contributed by atoms with Crippen molar-refractivity contribution in [1.29, 1.82) is 0 Å². The minimum Gasteiger partial charge on any atom is -0.493 e. The van der Waals surface area contributed by atoms with Crippen LogP contribution in [0.4, 0.5) is 0 Å². The van der Waals surface area contributed by atoms with Crippen LogP contribution in [0.15, 0.2) is 42.5 Å². The summed E-state index contributed by atoms with van der Waals surface area (Å²) < 4.78 is 11.2. The molecule has 2 aromatic carbocycles. The van der Waals surface area contributed by atoms with Gasteiger partial charge in [-0.1, -0.05) is 35.9 Å². The van der Waals surface area contributed by atoms with Crippen molar-refractivity contribution in [3.05, 3.63) is 58.6 Å². The minimum atomic E-state index is 0.0795. The number of para-hydroxylation sites is 1. The van der Waals surface area contributed by atoms with Crippen LogP contribution in [0.25, 0.3) is 0 Å². The summed E-state index contributed by atoms with van der Waals surface area (Å²) in [5.74, 6) is 1.53. The molecule has 0 bridgehead atoms. The molecule has 3 rings (SSSR count). The van der Waals surface area contributed by atoms with Gasteiger partial charge in [0.1, 0.15) is 0 Å². The van der Waals surface area contributed by atoms with Gasteiger partial charge < -0.3 is 14.8 Å². The molecule has 1 fully saturated rings. The highest BCUT2D eigenvalue weighted by atomic mass is 35.5. The number of piperazine rings is 1. The molecule has 1 aliphatic rings. The van der Waals surface area contributed by atoms with Crippen LogP contribution in [0.1, 0.15) is 17.2 Å². The second kappa shape index (κ2) is 7.88. The van der Waals surface area contributed by atoms with E-state index in [1.54, 1.807) is 14.2 Å². The fourth-order valence-corrected chi connectivity index (χ4v) is 3.53. The number of hydrogen-bond donors (Lipinski definition) is 1. The zero-order valence-electron chi connectivity index (χ0n) is 14.1. The lowest BCUT2D eigenvalue weighted by Crippen LogP contribution is -2.45. The maximum absolute atomic E-state index is 6.26. The first kappa shape index (κ1) is 17.1. The normalized spacial score (nSPS) is 16.6. The first-order valence-corrected chi connectivity index (χ1v) is 8.53. The van der Waals surface area contributed by atoms with Gasteiger partial charge in [-0.3, -0.25) is 4.90 Å². The zero-order chi connectivity index (χ0) is 16.9. The topological polar surface area (TPSA) is 33.7 Å². The zero-order valence-corrected chi connectivity index (χ0v) is 14.8. The quantitative estimate of drug-likeness (QED) is 0.900. The average molecular weight is 347 g/mol. The van der Waals surface area contributed by atoms with Crippen LogP contribution in [-0.4, -0.2) is 45.3 Å². The van der Waals surface area contributed by atoms with E-state index in [9.17, 15) is 0 Å². The van der Waals surface area contributed by atoms with E-state index < -0.39 is 0 Å². The van der Waals surface area contributed by atoms with E-state index in [2.05, 4.69) is 22.3 Å². The molecule has 1 aliphatic heterocycles. The lowest BCUT2D eigenvalue weighted by molar-refractivity contribution is 0.194. The van der Waals surface area contributed by atoms with Crippen molar-refractivity contribution in [1.82, 2.24) is 10.2 Å². The van der Waals surface area contributed by atoms with E-state index in [0.717, 1.165) is 53.8 Å². The second-order valence-corrected chi connectivity index (χ2v) is 6.26. The molecule has 0 aliphatic carbocycles. The van der Waals surface area contributed by atoms with Gasteiger partial charge in [0, 0.05) is 36.8 Å². The number of halogens is 1. The van der Waals surface area contributed by atoms with Gasteiger partial charge in [0.05, 0.1) is 20.3 Å². The molecule has 5 heteroatoms. The molecule has 1 heterocycles. The molecule has 1 N–H and O–H groups in total. The van der Waals surface area contributed by atoms with Crippen molar-refractivity contribution >= 4 is 11.6 Å². The van der Waals surface area contributed by atoms with E-state index in [0.29, 0.717) is 0 Å². The molecule has 0 amide bonds. The number of nitrogens with one attached hydrogen (secondary N) is 1. The predicted octanol–water partition coefficient (Wildman–Crippen LogP) is 3.35. The van der Waals surface area contributed by atoms with Crippen molar-refractivity contribution in [2.45, 2.75) is 6.04 Å². The smallest absolute Gasteiger partial charge is 0.165 e. The Kier molecular flexibility index (Phi) is 5.61. The molecule has 2 aromatic rings. The summed E-state index contributed by atoms with van der Waals surface area (Å²) >= 11 is 6.26. The number of hydrogen-bond acceptors (Lipinski definition) is 4. The van der Waals surface area contributed by atoms with E-state index in [4.69, 9.17) is 21.1 Å². The molecular weight excluding hydrogens is 324 g/mol. The summed E-state index contributed by atoms with van der Waals surface area (Å²) in [7, 11) is 3.36. The van der Waals surface area contributed by atoms with E-state index in [1.165, 1.54) is 0 Å². The van der Waals surface area contributed by atoms with Gasteiger partial charge in [-0.05, 0) is 23.8 Å². The molecule has 24 heavy (non-hydrogen) atoms. The van der Waals surface area contributed by atoms with Gasteiger partial charge in [-0.15, -0.1) is 0 Å². The Morgan fingerprint density at radius 3 is 2.46 bits per heavy atom. The van der Waals surface area contributed by atoms with Gasteiger partial charge in [-0.2, -0.15) is 0 Å². The van der Waals surface area contributed by atoms with Gasteiger partial charge in [-0.25, -0.2) is 0 Å². The van der Waals surface area contributed by atoms with Crippen LogP contribution >= 0.6 is 11.6 Å². The third kappa shape index (κ3) is 3.51. The Morgan fingerprint density at radius 2 is 1.79 bits per heavy atom. The highest BCUT2D eigenvalue weighted by Gasteiger charge is 2.27. The first-order valence-electron chi connectivity index (χ1n) is 8.15. The number of rotatable bonds is 5. The predicted molar refractivity (Wildman–Crippen MR) is 97.3 cm³/mol. The van der Waals surface area contributed by atoms with E-state index in [1.807, 2.05) is 30.3 Å². The maximum atomic E-state index is 6.26. The maximum Gasteiger partial charge on any atom is 0.165 e. The van der Waals surface area contributed by atoms with Crippen molar-refractivity contribution in [3.8, 4) is 11.5 Å². The summed E-state index contributed by atoms with van der Waals surface area (Å²) in [4.78, 5) is 2.46. The summed E-state index contributed by atoms with van der Waals surface area (Å²) in [6.07, 6.45) is 0. The lowest BCUT2D eigenvalue weighted by Gasteiger charge is -2.36. The van der Waals surface area contributed by atoms with Crippen LogP contribution in [0.3, 0.4) is 0 Å². The number of benzene rings is 2. The van der Waals surface area contributed by atoms with Crippen LogP contribution in [0.2, 0.25) is 5.02 Å². The largest absolute Gasteiger partial charge is 0.493 e. The number of methoxy groups -OCH3 is 2. The Hall–Kier alpha value is -1.75. The Labute approximate surface area is 148 Å². The summed E-state index contributed by atoms with van der Waals surface area (Å²) in [5, 5.41) is 4.16. The molecule has 4 nitrogen and oxygen atoms in total. The van der Waals surface area contributed by atoms with Gasteiger partial charge in [0.25, 0.3) is 0 Å². The Morgan fingerprint density at radius 1 is 1.04 bits per heavy atom. The van der Waals surface area contributed by atoms with Gasteiger partial charge in [0.2, 0.25) is 0 Å². The highest BCUT2D eigenvalue weighted by molar-refractivity contribution is 6.30. The van der Waals surface area contributed by atoms with E-state index in [-0.39, 0.29) is 6.04 Å². The van der Waals surface area contributed by atoms with Crippen LogP contribution in [-0.2, 0) is 0 Å². The molecule has 0 spiro atoms. The fraction of sp³-hybridized carbons (Fsp3) is 0.368. The van der Waals surface area contributed by atoms with Crippen molar-refractivity contribution in [2.75, 3.05) is 40.4 Å². The third-order valence-corrected chi connectivity index (χ3v) is 4.64. The third-order valence-electron chi connectivity index (χ3n) is 4.41. The van der Waals surface area contributed by atoms with Crippen molar-refractivity contribution in [2.24, 2.45) is 0 Å². The summed E-state index contributed by atoms with van der Waals surface area (Å²) in [6, 6.07) is 14.2. The first-order chi connectivity index (χ1) is 11.7. The summed E-state index contributed by atoms with van der Waals surface area (Å²) in [5.41, 5.74) is 2.26. The molecule has 1 saturated heterocycles. The summed E-state index contributed by atoms with van der Waals surface area (Å²) in [6.45, 7) is 3.89.